The van der Waals surface area contributed by atoms with Crippen LogP contribution in [-0.4, -0.2) is 23.2 Å². The topological polar surface area (TPSA) is 90.8 Å². The number of rotatable bonds is 4. The van der Waals surface area contributed by atoms with E-state index in [1.165, 1.54) is 11.7 Å². The third kappa shape index (κ3) is 4.34. The second kappa shape index (κ2) is 6.31. The normalized spacial score (nSPS) is 10.1. The van der Waals surface area contributed by atoms with Crippen LogP contribution >= 0.6 is 0 Å². The highest BCUT2D eigenvalue weighted by molar-refractivity contribution is 5.96. The number of hydrogen-bond acceptors (Lipinski definition) is 4. The molecule has 3 N–H and O–H groups in total. The van der Waals surface area contributed by atoms with Gasteiger partial charge >= 0.3 is 0 Å². The second-order valence-corrected chi connectivity index (χ2v) is 2.92. The lowest BCUT2D eigenvalue weighted by molar-refractivity contribution is -0.134. The average molecular weight is 221 g/mol. The number of amides is 2. The molecule has 6 nitrogen and oxygen atoms in total. The van der Waals surface area contributed by atoms with Crippen molar-refractivity contribution in [3.8, 4) is 0 Å². The molecule has 2 amide bonds. The van der Waals surface area contributed by atoms with Crippen LogP contribution in [0.15, 0.2) is 35.4 Å². The Hall–Kier alpha value is -2.21. The third-order valence-corrected chi connectivity index (χ3v) is 1.65. The molecule has 0 fully saturated rings. The van der Waals surface area contributed by atoms with Crippen molar-refractivity contribution in [3.05, 3.63) is 35.9 Å². The molecule has 0 aliphatic carbocycles. The van der Waals surface area contributed by atoms with E-state index in [9.17, 15) is 9.59 Å². The third-order valence-electron chi connectivity index (χ3n) is 1.65. The van der Waals surface area contributed by atoms with Crippen LogP contribution < -0.4 is 10.9 Å². The summed E-state index contributed by atoms with van der Waals surface area (Å²) < 4.78 is 0. The summed E-state index contributed by atoms with van der Waals surface area (Å²) in [5.41, 5.74) is 4.34. The average Bonchev–Trinajstić information content (AvgIpc) is 2.30. The summed E-state index contributed by atoms with van der Waals surface area (Å²) in [5, 5.41) is 11.8. The largest absolute Gasteiger partial charge is 0.289 e. The Labute approximate surface area is 91.9 Å². The molecular formula is C10H11N3O3. The highest BCUT2D eigenvalue weighted by Crippen LogP contribution is 1.93. The van der Waals surface area contributed by atoms with Gasteiger partial charge in [-0.05, 0) is 5.56 Å². The number of hydroxylamine groups is 1. The molecule has 1 aromatic rings. The van der Waals surface area contributed by atoms with E-state index in [0.717, 1.165) is 5.56 Å². The molecule has 16 heavy (non-hydrogen) atoms. The van der Waals surface area contributed by atoms with Crippen molar-refractivity contribution < 1.29 is 14.8 Å². The predicted octanol–water partition coefficient (Wildman–Crippen LogP) is 0.0322. The van der Waals surface area contributed by atoms with Crippen LogP contribution in [0.1, 0.15) is 12.0 Å². The van der Waals surface area contributed by atoms with Crippen molar-refractivity contribution >= 4 is 18.0 Å². The van der Waals surface area contributed by atoms with Crippen LogP contribution in [0.5, 0.6) is 0 Å². The Morgan fingerprint density at radius 3 is 2.56 bits per heavy atom. The van der Waals surface area contributed by atoms with Gasteiger partial charge in [-0.3, -0.25) is 14.8 Å². The molecule has 0 aliphatic rings. The predicted molar refractivity (Wildman–Crippen MR) is 56.7 cm³/mol. The van der Waals surface area contributed by atoms with E-state index in [1.807, 2.05) is 30.3 Å². The molecule has 0 radical (unpaired) electrons. The van der Waals surface area contributed by atoms with Gasteiger partial charge in [0.05, 0.1) is 6.21 Å². The van der Waals surface area contributed by atoms with Crippen LogP contribution in [0.4, 0.5) is 0 Å². The quantitative estimate of drug-likeness (QED) is 0.290. The zero-order valence-corrected chi connectivity index (χ0v) is 8.38. The van der Waals surface area contributed by atoms with Crippen molar-refractivity contribution in [2.75, 3.05) is 0 Å². The van der Waals surface area contributed by atoms with Crippen LogP contribution in [0.25, 0.3) is 0 Å². The minimum Gasteiger partial charge on any atom is -0.289 e. The fourth-order valence-electron chi connectivity index (χ4n) is 0.943. The Balaban J connectivity index is 2.37. The maximum absolute atomic E-state index is 11.0. The number of nitrogens with zero attached hydrogens (tertiary/aromatic N) is 1. The zero-order chi connectivity index (χ0) is 11.8. The molecule has 0 saturated carbocycles. The van der Waals surface area contributed by atoms with Gasteiger partial charge in [0.2, 0.25) is 5.91 Å². The molecule has 0 aliphatic heterocycles. The molecular weight excluding hydrogens is 210 g/mol. The first-order chi connectivity index (χ1) is 7.72. The number of hydrazone groups is 1. The molecule has 0 saturated heterocycles. The molecule has 6 heteroatoms. The lowest BCUT2D eigenvalue weighted by atomic mass is 10.2. The zero-order valence-electron chi connectivity index (χ0n) is 8.38. The van der Waals surface area contributed by atoms with Crippen molar-refractivity contribution in [2.24, 2.45) is 5.10 Å². The summed E-state index contributed by atoms with van der Waals surface area (Å²) in [5.74, 6) is -1.38. The minimum absolute atomic E-state index is 0.470. The molecule has 1 rings (SSSR count). The summed E-state index contributed by atoms with van der Waals surface area (Å²) in [6.07, 6.45) is 0.984. The second-order valence-electron chi connectivity index (χ2n) is 2.92. The van der Waals surface area contributed by atoms with Gasteiger partial charge < -0.3 is 0 Å². The van der Waals surface area contributed by atoms with Gasteiger partial charge in [-0.15, -0.1) is 0 Å². The summed E-state index contributed by atoms with van der Waals surface area (Å²) in [6.45, 7) is 0. The van der Waals surface area contributed by atoms with Gasteiger partial charge in [-0.25, -0.2) is 10.9 Å². The number of hydrogen-bond donors (Lipinski definition) is 3. The van der Waals surface area contributed by atoms with Gasteiger partial charge in [0, 0.05) is 0 Å². The molecule has 0 bridgehead atoms. The number of nitrogens with one attached hydrogen (secondary N) is 2. The maximum Gasteiger partial charge on any atom is 0.252 e. The molecule has 0 spiro atoms. The molecule has 0 aromatic heterocycles. The van der Waals surface area contributed by atoms with Crippen LogP contribution in [0, 0.1) is 0 Å². The molecule has 0 atom stereocenters. The summed E-state index contributed by atoms with van der Waals surface area (Å²) in [6, 6.07) is 9.17. The van der Waals surface area contributed by atoms with Gasteiger partial charge in [0.1, 0.15) is 6.42 Å². The van der Waals surface area contributed by atoms with E-state index in [4.69, 9.17) is 5.21 Å². The van der Waals surface area contributed by atoms with Crippen molar-refractivity contribution in [1.82, 2.24) is 10.9 Å². The summed E-state index contributed by atoms with van der Waals surface area (Å²) in [4.78, 5) is 21.6. The fourth-order valence-corrected chi connectivity index (χ4v) is 0.943. The summed E-state index contributed by atoms with van der Waals surface area (Å²) in [7, 11) is 0. The van der Waals surface area contributed by atoms with E-state index >= 15 is 0 Å². The Kier molecular flexibility index (Phi) is 4.68. The fraction of sp³-hybridized carbons (Fsp3) is 0.100. The first-order valence-electron chi connectivity index (χ1n) is 4.52. The first kappa shape index (κ1) is 11.9. The molecule has 1 aromatic carbocycles. The van der Waals surface area contributed by atoms with Gasteiger partial charge in [0.25, 0.3) is 5.91 Å². The lowest BCUT2D eigenvalue weighted by Gasteiger charge is -1.97. The van der Waals surface area contributed by atoms with Crippen molar-refractivity contribution in [2.45, 2.75) is 6.42 Å². The number of carbonyl (C=O) groups excluding carboxylic acids is 2. The SMILES string of the molecule is O=C(CC(=O)NN=Cc1ccccc1)NO. The van der Waals surface area contributed by atoms with E-state index in [-0.39, 0.29) is 0 Å². The highest BCUT2D eigenvalue weighted by Gasteiger charge is 2.06. The monoisotopic (exact) mass is 221 g/mol. The van der Waals surface area contributed by atoms with Crippen LogP contribution in [-0.2, 0) is 9.59 Å². The molecule has 84 valence electrons. The minimum atomic E-state index is -0.785. The van der Waals surface area contributed by atoms with E-state index in [1.54, 1.807) is 0 Å². The number of carbonyl (C=O) groups is 2. The van der Waals surface area contributed by atoms with Gasteiger partial charge in [0.15, 0.2) is 0 Å². The van der Waals surface area contributed by atoms with Gasteiger partial charge in [-0.1, -0.05) is 30.3 Å². The van der Waals surface area contributed by atoms with Crippen molar-refractivity contribution in [1.29, 1.82) is 0 Å². The standard InChI is InChI=1S/C10H11N3O3/c14-9(6-10(15)13-16)12-11-7-8-4-2-1-3-5-8/h1-5,7,16H,6H2,(H,12,14)(H,13,15). The Morgan fingerprint density at radius 1 is 1.25 bits per heavy atom. The van der Waals surface area contributed by atoms with Crippen LogP contribution in [0.2, 0.25) is 0 Å². The van der Waals surface area contributed by atoms with Crippen LogP contribution in [0.3, 0.4) is 0 Å². The number of benzene rings is 1. The smallest absolute Gasteiger partial charge is 0.252 e. The summed E-state index contributed by atoms with van der Waals surface area (Å²) >= 11 is 0. The molecule has 0 unspecified atom stereocenters. The highest BCUT2D eigenvalue weighted by atomic mass is 16.5. The van der Waals surface area contributed by atoms with E-state index in [2.05, 4.69) is 10.5 Å². The Morgan fingerprint density at radius 2 is 1.94 bits per heavy atom. The Bertz CT molecular complexity index is 390. The van der Waals surface area contributed by atoms with E-state index < -0.39 is 18.2 Å². The van der Waals surface area contributed by atoms with Crippen molar-refractivity contribution in [3.63, 3.8) is 0 Å². The van der Waals surface area contributed by atoms with E-state index in [0.29, 0.717) is 0 Å². The molecule has 0 heterocycles. The lowest BCUT2D eigenvalue weighted by Crippen LogP contribution is -2.27. The van der Waals surface area contributed by atoms with Gasteiger partial charge in [-0.2, -0.15) is 5.10 Å². The first-order valence-corrected chi connectivity index (χ1v) is 4.52. The maximum atomic E-state index is 11.0.